The van der Waals surface area contributed by atoms with Crippen molar-refractivity contribution in [3.05, 3.63) is 76.6 Å². The molecule has 4 rings (SSSR count). The van der Waals surface area contributed by atoms with Crippen LogP contribution in [0.25, 0.3) is 16.9 Å². The molecular formula is C22H13ClF3N5O2. The second-order valence-corrected chi connectivity index (χ2v) is 7.14. The van der Waals surface area contributed by atoms with Gasteiger partial charge in [-0.15, -0.1) is 0 Å². The lowest BCUT2D eigenvalue weighted by Gasteiger charge is -2.11. The van der Waals surface area contributed by atoms with Crippen molar-refractivity contribution >= 4 is 28.8 Å². The second-order valence-electron chi connectivity index (χ2n) is 6.77. The first kappa shape index (κ1) is 22.1. The number of hydrogen-bond donors (Lipinski definition) is 1. The lowest BCUT2D eigenvalue weighted by molar-refractivity contribution is -0.142. The molecule has 0 unspecified atom stereocenters. The van der Waals surface area contributed by atoms with Crippen LogP contribution in [0.2, 0.25) is 5.02 Å². The van der Waals surface area contributed by atoms with E-state index in [0.29, 0.717) is 15.8 Å². The molecule has 0 spiro atoms. The quantitative estimate of drug-likeness (QED) is 0.441. The van der Waals surface area contributed by atoms with Gasteiger partial charge in [0, 0.05) is 5.56 Å². The monoisotopic (exact) mass is 471 g/mol. The highest BCUT2D eigenvalue weighted by Gasteiger charge is 2.36. The zero-order valence-electron chi connectivity index (χ0n) is 16.8. The number of hydrogen-bond acceptors (Lipinski definition) is 5. The number of alkyl halides is 3. The summed E-state index contributed by atoms with van der Waals surface area (Å²) in [5.74, 6) is -0.456. The van der Waals surface area contributed by atoms with Crippen molar-refractivity contribution in [3.63, 3.8) is 0 Å². The summed E-state index contributed by atoms with van der Waals surface area (Å²) < 4.78 is 47.2. The van der Waals surface area contributed by atoms with Crippen LogP contribution in [-0.4, -0.2) is 27.6 Å². The molecule has 0 fully saturated rings. The number of ether oxygens (including phenoxy) is 1. The number of carbonyl (C=O) groups excluding carboxylic acids is 1. The number of amides is 1. The van der Waals surface area contributed by atoms with Crippen molar-refractivity contribution in [2.75, 3.05) is 12.4 Å². The summed E-state index contributed by atoms with van der Waals surface area (Å²) in [6, 6.07) is 15.2. The molecule has 2 aromatic carbocycles. The second kappa shape index (κ2) is 8.44. The van der Waals surface area contributed by atoms with Gasteiger partial charge < -0.3 is 10.1 Å². The topological polar surface area (TPSA) is 92.3 Å². The normalized spacial score (nSPS) is 11.3. The molecule has 0 aliphatic rings. The summed E-state index contributed by atoms with van der Waals surface area (Å²) in [5, 5.41) is 15.1. The highest BCUT2D eigenvalue weighted by Crippen LogP contribution is 2.35. The Balaban J connectivity index is 1.86. The van der Waals surface area contributed by atoms with E-state index >= 15 is 0 Å². The van der Waals surface area contributed by atoms with Crippen LogP contribution < -0.4 is 10.1 Å². The fourth-order valence-corrected chi connectivity index (χ4v) is 3.39. The Morgan fingerprint density at radius 2 is 1.94 bits per heavy atom. The van der Waals surface area contributed by atoms with Crippen molar-refractivity contribution in [1.82, 2.24) is 14.6 Å². The third kappa shape index (κ3) is 4.18. The molecule has 0 aliphatic carbocycles. The summed E-state index contributed by atoms with van der Waals surface area (Å²) in [6.07, 6.45) is -4.81. The van der Waals surface area contributed by atoms with Gasteiger partial charge in [0.05, 0.1) is 24.1 Å². The molecule has 0 bridgehead atoms. The lowest BCUT2D eigenvalue weighted by atomic mass is 10.1. The maximum absolute atomic E-state index is 13.9. The molecule has 0 atom stereocenters. The molecule has 1 amide bonds. The maximum Gasteiger partial charge on any atom is 0.433 e. The van der Waals surface area contributed by atoms with E-state index < -0.39 is 23.5 Å². The number of nitrogens with one attached hydrogen (secondary N) is 1. The number of fused-ring (bicyclic) bond motifs is 1. The molecule has 33 heavy (non-hydrogen) atoms. The number of nitriles is 1. The molecular weight excluding hydrogens is 459 g/mol. The third-order valence-electron chi connectivity index (χ3n) is 4.70. The van der Waals surface area contributed by atoms with Gasteiger partial charge in [-0.3, -0.25) is 4.79 Å². The van der Waals surface area contributed by atoms with Crippen LogP contribution in [0.5, 0.6) is 5.75 Å². The maximum atomic E-state index is 13.9. The van der Waals surface area contributed by atoms with Crippen LogP contribution >= 0.6 is 11.6 Å². The Kier molecular flexibility index (Phi) is 5.66. The largest absolute Gasteiger partial charge is 0.497 e. The predicted molar refractivity (Wildman–Crippen MR) is 114 cm³/mol. The van der Waals surface area contributed by atoms with Crippen LogP contribution in [0.3, 0.4) is 0 Å². The number of aromatic nitrogens is 3. The Morgan fingerprint density at radius 3 is 2.64 bits per heavy atom. The fourth-order valence-electron chi connectivity index (χ4n) is 3.14. The van der Waals surface area contributed by atoms with Gasteiger partial charge >= 0.3 is 6.18 Å². The average Bonchev–Trinajstić information content (AvgIpc) is 3.14. The molecule has 7 nitrogen and oxygen atoms in total. The molecule has 0 aliphatic heterocycles. The van der Waals surface area contributed by atoms with Crippen LogP contribution in [0.1, 0.15) is 21.7 Å². The van der Waals surface area contributed by atoms with E-state index in [1.807, 2.05) is 6.07 Å². The van der Waals surface area contributed by atoms with Crippen molar-refractivity contribution in [1.29, 1.82) is 5.26 Å². The summed E-state index contributed by atoms with van der Waals surface area (Å²) in [5.41, 5.74) is -1.32. The van der Waals surface area contributed by atoms with Crippen molar-refractivity contribution in [3.8, 4) is 23.1 Å². The standard InChI is InChI=1S/C22H13ClF3N5O2/c1-33-14-7-4-6-12(9-14)16-10-17(22(24,25)26)31-20(28-16)18(23)19(30-31)21(32)29-15-8-3-2-5-13(15)11-27/h2-10H,1H3,(H,29,32). The van der Waals surface area contributed by atoms with E-state index in [1.165, 1.54) is 25.3 Å². The third-order valence-corrected chi connectivity index (χ3v) is 5.05. The molecule has 2 heterocycles. The number of methoxy groups -OCH3 is 1. The minimum absolute atomic E-state index is 0.0303. The number of nitrogens with zero attached hydrogens (tertiary/aromatic N) is 4. The number of para-hydroxylation sites is 1. The van der Waals surface area contributed by atoms with E-state index in [9.17, 15) is 23.2 Å². The zero-order chi connectivity index (χ0) is 23.8. The van der Waals surface area contributed by atoms with E-state index in [2.05, 4.69) is 15.4 Å². The first-order valence-electron chi connectivity index (χ1n) is 9.34. The molecule has 0 saturated carbocycles. The molecule has 1 N–H and O–H groups in total. The minimum atomic E-state index is -4.81. The minimum Gasteiger partial charge on any atom is -0.497 e. The fraction of sp³-hybridized carbons (Fsp3) is 0.0909. The molecule has 2 aromatic heterocycles. The summed E-state index contributed by atoms with van der Waals surface area (Å²) in [6.45, 7) is 0. The number of benzene rings is 2. The Bertz CT molecular complexity index is 1430. The van der Waals surface area contributed by atoms with Gasteiger partial charge in [-0.05, 0) is 30.3 Å². The SMILES string of the molecule is COc1cccc(-c2cc(C(F)(F)F)n3nc(C(=O)Nc4ccccc4C#N)c(Cl)c3n2)c1. The smallest absolute Gasteiger partial charge is 0.433 e. The average molecular weight is 472 g/mol. The van der Waals surface area contributed by atoms with Gasteiger partial charge in [0.2, 0.25) is 0 Å². The molecule has 166 valence electrons. The molecule has 4 aromatic rings. The van der Waals surface area contributed by atoms with Crippen molar-refractivity contribution in [2.45, 2.75) is 6.18 Å². The van der Waals surface area contributed by atoms with Crippen LogP contribution in [0, 0.1) is 11.3 Å². The van der Waals surface area contributed by atoms with Gasteiger partial charge in [0.1, 0.15) is 16.8 Å². The molecule has 0 radical (unpaired) electrons. The van der Waals surface area contributed by atoms with E-state index in [0.717, 1.165) is 6.07 Å². The van der Waals surface area contributed by atoms with Gasteiger partial charge in [0.15, 0.2) is 17.0 Å². The van der Waals surface area contributed by atoms with Gasteiger partial charge in [-0.1, -0.05) is 35.9 Å². The molecule has 11 heteroatoms. The zero-order valence-corrected chi connectivity index (χ0v) is 17.6. The summed E-state index contributed by atoms with van der Waals surface area (Å²) in [7, 11) is 1.43. The van der Waals surface area contributed by atoms with Gasteiger partial charge in [-0.2, -0.15) is 23.5 Å². The van der Waals surface area contributed by atoms with Crippen LogP contribution in [0.4, 0.5) is 18.9 Å². The molecule has 0 saturated heterocycles. The van der Waals surface area contributed by atoms with Gasteiger partial charge in [0.25, 0.3) is 5.91 Å². The van der Waals surface area contributed by atoms with Crippen molar-refractivity contribution in [2.24, 2.45) is 0 Å². The highest BCUT2D eigenvalue weighted by molar-refractivity contribution is 6.37. The first-order chi connectivity index (χ1) is 15.7. The first-order valence-corrected chi connectivity index (χ1v) is 9.72. The lowest BCUT2D eigenvalue weighted by Crippen LogP contribution is -2.16. The predicted octanol–water partition coefficient (Wildman–Crippen LogP) is 5.20. The Hall–Kier alpha value is -4.10. The summed E-state index contributed by atoms with van der Waals surface area (Å²) in [4.78, 5) is 17.0. The number of anilines is 1. The highest BCUT2D eigenvalue weighted by atomic mass is 35.5. The number of rotatable bonds is 4. The van der Waals surface area contributed by atoms with Crippen LogP contribution in [0.15, 0.2) is 54.6 Å². The number of carbonyl (C=O) groups is 1. The van der Waals surface area contributed by atoms with E-state index in [1.54, 1.807) is 30.3 Å². The van der Waals surface area contributed by atoms with Crippen molar-refractivity contribution < 1.29 is 22.7 Å². The number of halogens is 4. The Labute approximate surface area is 190 Å². The van der Waals surface area contributed by atoms with Crippen LogP contribution in [-0.2, 0) is 6.18 Å². The van der Waals surface area contributed by atoms with E-state index in [-0.39, 0.29) is 27.6 Å². The Morgan fingerprint density at radius 1 is 1.18 bits per heavy atom. The van der Waals surface area contributed by atoms with E-state index in [4.69, 9.17) is 16.3 Å². The van der Waals surface area contributed by atoms with Gasteiger partial charge in [-0.25, -0.2) is 9.50 Å². The summed E-state index contributed by atoms with van der Waals surface area (Å²) >= 11 is 6.27.